The summed E-state index contributed by atoms with van der Waals surface area (Å²) < 4.78 is 40.1. The van der Waals surface area contributed by atoms with E-state index in [-0.39, 0.29) is 10.6 Å². The van der Waals surface area contributed by atoms with Crippen molar-refractivity contribution in [3.63, 3.8) is 0 Å². The molecule has 0 aliphatic rings. The summed E-state index contributed by atoms with van der Waals surface area (Å²) in [6.07, 6.45) is 0. The van der Waals surface area contributed by atoms with Crippen LogP contribution < -0.4 is 0 Å². The van der Waals surface area contributed by atoms with E-state index in [0.29, 0.717) is 0 Å². The fraction of sp³-hybridized carbons (Fsp3) is 0. The van der Waals surface area contributed by atoms with E-state index < -0.39 is 15.8 Å². The van der Waals surface area contributed by atoms with Crippen LogP contribution >= 0.6 is 0 Å². The number of halogens is 1. The van der Waals surface area contributed by atoms with E-state index in [9.17, 15) is 12.8 Å². The SMILES string of the molecule is O=S(=O)([N-]c1cccc(F)c1)c1ccccc1. The molecule has 0 saturated carbocycles. The van der Waals surface area contributed by atoms with Crippen LogP contribution in [-0.4, -0.2) is 8.42 Å². The minimum absolute atomic E-state index is 0.0776. The molecule has 0 bridgehead atoms. The fourth-order valence-corrected chi connectivity index (χ4v) is 2.31. The van der Waals surface area contributed by atoms with Crippen LogP contribution in [0.4, 0.5) is 10.1 Å². The molecule has 17 heavy (non-hydrogen) atoms. The number of rotatable bonds is 3. The molecule has 5 heteroatoms. The lowest BCUT2D eigenvalue weighted by Crippen LogP contribution is -1.97. The third-order valence-electron chi connectivity index (χ3n) is 2.07. The Bertz CT molecular complexity index is 611. The maximum absolute atomic E-state index is 12.9. The first-order valence-electron chi connectivity index (χ1n) is 4.86. The number of hydrogen-bond acceptors (Lipinski definition) is 2. The molecule has 0 N–H and O–H groups in total. The van der Waals surface area contributed by atoms with Gasteiger partial charge in [0.25, 0.3) is 0 Å². The summed E-state index contributed by atoms with van der Waals surface area (Å²) in [5.41, 5.74) is 0.0776. The van der Waals surface area contributed by atoms with Gasteiger partial charge in [-0.25, -0.2) is 12.8 Å². The highest BCUT2D eigenvalue weighted by Gasteiger charge is 2.03. The maximum atomic E-state index is 12.9. The molecule has 0 fully saturated rings. The monoisotopic (exact) mass is 250 g/mol. The Morgan fingerprint density at radius 3 is 2.29 bits per heavy atom. The molecule has 2 rings (SSSR count). The van der Waals surface area contributed by atoms with Crippen molar-refractivity contribution in [1.82, 2.24) is 0 Å². The number of sulfonamides is 1. The van der Waals surface area contributed by atoms with Crippen LogP contribution in [0.15, 0.2) is 59.5 Å². The molecule has 0 amide bonds. The van der Waals surface area contributed by atoms with E-state index in [1.807, 2.05) is 0 Å². The van der Waals surface area contributed by atoms with Crippen molar-refractivity contribution >= 4 is 15.7 Å². The highest BCUT2D eigenvalue weighted by molar-refractivity contribution is 7.94. The fourth-order valence-electron chi connectivity index (χ4n) is 1.32. The van der Waals surface area contributed by atoms with Gasteiger partial charge in [-0.2, -0.15) is 0 Å². The summed E-state index contributed by atoms with van der Waals surface area (Å²) in [7, 11) is -3.77. The van der Waals surface area contributed by atoms with Gasteiger partial charge in [-0.05, 0) is 24.3 Å². The van der Waals surface area contributed by atoms with Crippen LogP contribution in [0.5, 0.6) is 0 Å². The van der Waals surface area contributed by atoms with Gasteiger partial charge >= 0.3 is 0 Å². The molecule has 0 aromatic heterocycles. The second-order valence-electron chi connectivity index (χ2n) is 3.36. The second kappa shape index (κ2) is 4.55. The van der Waals surface area contributed by atoms with E-state index in [4.69, 9.17) is 0 Å². The van der Waals surface area contributed by atoms with Gasteiger partial charge in [0, 0.05) is 0 Å². The minimum Gasteiger partial charge on any atom is -0.573 e. The molecule has 0 atom stereocenters. The highest BCUT2D eigenvalue weighted by Crippen LogP contribution is 2.27. The average molecular weight is 250 g/mol. The maximum Gasteiger partial charge on any atom is 0.123 e. The summed E-state index contributed by atoms with van der Waals surface area (Å²) >= 11 is 0. The zero-order valence-corrected chi connectivity index (χ0v) is 9.56. The van der Waals surface area contributed by atoms with Crippen LogP contribution in [-0.2, 0) is 10.0 Å². The topological polar surface area (TPSA) is 48.2 Å². The Balaban J connectivity index is 2.30. The van der Waals surface area contributed by atoms with Gasteiger partial charge in [-0.3, -0.25) is 0 Å². The molecule has 0 aliphatic carbocycles. The normalized spacial score (nSPS) is 11.1. The zero-order chi connectivity index (χ0) is 12.3. The van der Waals surface area contributed by atoms with Crippen molar-refractivity contribution in [2.24, 2.45) is 0 Å². The van der Waals surface area contributed by atoms with Gasteiger partial charge in [0.05, 0.1) is 4.90 Å². The van der Waals surface area contributed by atoms with E-state index in [2.05, 4.69) is 4.72 Å². The molecule has 0 saturated heterocycles. The number of nitrogens with zero attached hydrogens (tertiary/aromatic N) is 1. The molecule has 0 aliphatic heterocycles. The van der Waals surface area contributed by atoms with Crippen molar-refractivity contribution in [1.29, 1.82) is 0 Å². The Kier molecular flexibility index (Phi) is 3.10. The van der Waals surface area contributed by atoms with E-state index >= 15 is 0 Å². The van der Waals surface area contributed by atoms with Crippen molar-refractivity contribution in [3.05, 3.63) is 65.1 Å². The van der Waals surface area contributed by atoms with Crippen molar-refractivity contribution < 1.29 is 12.8 Å². The van der Waals surface area contributed by atoms with Gasteiger partial charge in [-0.1, -0.05) is 30.3 Å². The van der Waals surface area contributed by atoms with Crippen LogP contribution in [0.25, 0.3) is 4.72 Å². The predicted molar refractivity (Wildman–Crippen MR) is 63.0 cm³/mol. The number of hydrogen-bond donors (Lipinski definition) is 0. The predicted octanol–water partition coefficient (Wildman–Crippen LogP) is 3.22. The lowest BCUT2D eigenvalue weighted by atomic mass is 10.3. The van der Waals surface area contributed by atoms with Gasteiger partial charge in [0.15, 0.2) is 0 Å². The van der Waals surface area contributed by atoms with E-state index in [0.717, 1.165) is 6.07 Å². The Hall–Kier alpha value is -1.88. The van der Waals surface area contributed by atoms with Crippen LogP contribution in [0, 0.1) is 5.82 Å². The summed E-state index contributed by atoms with van der Waals surface area (Å²) in [5, 5.41) is 0. The van der Waals surface area contributed by atoms with Crippen LogP contribution in [0.3, 0.4) is 0 Å². The Morgan fingerprint density at radius 2 is 1.65 bits per heavy atom. The summed E-state index contributed by atoms with van der Waals surface area (Å²) in [6.45, 7) is 0. The van der Waals surface area contributed by atoms with E-state index in [1.54, 1.807) is 18.2 Å². The van der Waals surface area contributed by atoms with Gasteiger partial charge < -0.3 is 4.72 Å². The number of benzene rings is 2. The smallest absolute Gasteiger partial charge is 0.123 e. The Labute approximate surface area is 99.0 Å². The van der Waals surface area contributed by atoms with Crippen LogP contribution in [0.1, 0.15) is 0 Å². The molecule has 0 heterocycles. The van der Waals surface area contributed by atoms with Crippen molar-refractivity contribution in [3.8, 4) is 0 Å². The first kappa shape index (κ1) is 11.6. The minimum atomic E-state index is -3.77. The second-order valence-corrected chi connectivity index (χ2v) is 4.96. The first-order chi connectivity index (χ1) is 8.08. The van der Waals surface area contributed by atoms with Gasteiger partial charge in [0.1, 0.15) is 15.8 Å². The Morgan fingerprint density at radius 1 is 0.941 bits per heavy atom. The summed E-state index contributed by atoms with van der Waals surface area (Å²) in [6, 6.07) is 13.0. The molecule has 0 radical (unpaired) electrons. The molecular weight excluding hydrogens is 241 g/mol. The molecule has 3 nitrogen and oxygen atoms in total. The quantitative estimate of drug-likeness (QED) is 0.839. The van der Waals surface area contributed by atoms with Crippen molar-refractivity contribution in [2.75, 3.05) is 0 Å². The molecule has 2 aromatic rings. The summed E-state index contributed by atoms with van der Waals surface area (Å²) in [5.74, 6) is -0.519. The first-order valence-corrected chi connectivity index (χ1v) is 6.30. The highest BCUT2D eigenvalue weighted by atomic mass is 32.2. The summed E-state index contributed by atoms with van der Waals surface area (Å²) in [4.78, 5) is 0.0873. The third-order valence-corrected chi connectivity index (χ3v) is 3.39. The van der Waals surface area contributed by atoms with Crippen molar-refractivity contribution in [2.45, 2.75) is 4.90 Å². The molecule has 88 valence electrons. The average Bonchev–Trinajstić information content (AvgIpc) is 2.29. The largest absolute Gasteiger partial charge is 0.573 e. The molecule has 2 aromatic carbocycles. The molecular formula is C12H9FNO2S-. The van der Waals surface area contributed by atoms with Gasteiger partial charge in [0.2, 0.25) is 0 Å². The standard InChI is InChI=1S/C12H9FNO2S/c13-10-5-4-6-11(9-10)14-17(15,16)12-7-2-1-3-8-12/h1-9H/q-1. The molecule has 0 spiro atoms. The zero-order valence-electron chi connectivity index (χ0n) is 8.75. The third kappa shape index (κ3) is 2.82. The van der Waals surface area contributed by atoms with Gasteiger partial charge in [-0.15, -0.1) is 5.69 Å². The molecule has 0 unspecified atom stereocenters. The lowest BCUT2D eigenvalue weighted by molar-refractivity contribution is 0.603. The lowest BCUT2D eigenvalue weighted by Gasteiger charge is -2.21. The van der Waals surface area contributed by atoms with Crippen LogP contribution in [0.2, 0.25) is 0 Å². The van der Waals surface area contributed by atoms with E-state index in [1.165, 1.54) is 30.3 Å².